The van der Waals surface area contributed by atoms with E-state index in [0.717, 1.165) is 25.4 Å². The predicted molar refractivity (Wildman–Crippen MR) is 73.7 cm³/mol. The van der Waals surface area contributed by atoms with E-state index >= 15 is 0 Å². The summed E-state index contributed by atoms with van der Waals surface area (Å²) in [7, 11) is -2.43. The van der Waals surface area contributed by atoms with Crippen molar-refractivity contribution in [3.8, 4) is 0 Å². The minimum Gasteiger partial charge on any atom is -0.374 e. The summed E-state index contributed by atoms with van der Waals surface area (Å²) in [6, 6.07) is 0.851. The molecule has 0 saturated carbocycles. The van der Waals surface area contributed by atoms with Gasteiger partial charge < -0.3 is 13.3 Å². The van der Waals surface area contributed by atoms with E-state index < -0.39 is 8.80 Å². The molecule has 0 rings (SSSR count). The molecule has 0 aromatic rings. The summed E-state index contributed by atoms with van der Waals surface area (Å²) in [4.78, 5) is 4.30. The highest BCUT2D eigenvalue weighted by atomic mass is 28.4. The van der Waals surface area contributed by atoms with Crippen LogP contribution in [0.1, 0.15) is 40.5 Å². The summed E-state index contributed by atoms with van der Waals surface area (Å²) in [5.74, 6) is 0. The van der Waals surface area contributed by atoms with Gasteiger partial charge in [0.05, 0.1) is 0 Å². The molecule has 0 amide bonds. The van der Waals surface area contributed by atoms with Crippen LogP contribution < -0.4 is 0 Å². The van der Waals surface area contributed by atoms with E-state index in [-0.39, 0.29) is 0 Å². The third-order valence-corrected chi connectivity index (χ3v) is 5.33. The molecule has 4 nitrogen and oxygen atoms in total. The molecule has 0 fully saturated rings. The third-order valence-electron chi connectivity index (χ3n) is 2.17. The van der Waals surface area contributed by atoms with Gasteiger partial charge >= 0.3 is 8.80 Å². The Hall–Kier alpha value is -0.233. The van der Waals surface area contributed by atoms with Gasteiger partial charge in [0, 0.05) is 32.4 Å². The van der Waals surface area contributed by atoms with Gasteiger partial charge in [0.1, 0.15) is 0 Å². The Labute approximate surface area is 107 Å². The molecular weight excluding hydrogens is 234 g/mol. The molecule has 0 bridgehead atoms. The minimum absolute atomic E-state index is 0.643. The quantitative estimate of drug-likeness (QED) is 0.326. The Balaban J connectivity index is 4.18. The van der Waals surface area contributed by atoms with Gasteiger partial charge in [-0.2, -0.15) is 0 Å². The van der Waals surface area contributed by atoms with Crippen molar-refractivity contribution < 1.29 is 13.3 Å². The monoisotopic (exact) mass is 261 g/mol. The SMILES string of the molecule is CCC=NCCC[Si](OCC)(OCC)OCC. The molecule has 0 radical (unpaired) electrons. The molecule has 102 valence electrons. The van der Waals surface area contributed by atoms with Crippen molar-refractivity contribution in [1.82, 2.24) is 0 Å². The molecule has 0 heterocycles. The second-order valence-corrected chi connectivity index (χ2v) is 6.31. The fourth-order valence-electron chi connectivity index (χ4n) is 1.61. The highest BCUT2D eigenvalue weighted by Crippen LogP contribution is 2.18. The molecule has 0 aliphatic rings. The average molecular weight is 261 g/mol. The van der Waals surface area contributed by atoms with Crippen LogP contribution in [0.3, 0.4) is 0 Å². The zero-order valence-corrected chi connectivity index (χ0v) is 12.7. The first-order valence-electron chi connectivity index (χ1n) is 6.64. The van der Waals surface area contributed by atoms with Gasteiger partial charge in [0.15, 0.2) is 0 Å². The van der Waals surface area contributed by atoms with Crippen molar-refractivity contribution in [2.24, 2.45) is 4.99 Å². The van der Waals surface area contributed by atoms with E-state index in [4.69, 9.17) is 13.3 Å². The lowest BCUT2D eigenvalue weighted by Crippen LogP contribution is -2.46. The lowest BCUT2D eigenvalue weighted by Gasteiger charge is -2.28. The fourth-order valence-corrected chi connectivity index (χ4v) is 4.20. The predicted octanol–water partition coefficient (Wildman–Crippen LogP) is 2.91. The zero-order valence-electron chi connectivity index (χ0n) is 11.7. The summed E-state index contributed by atoms with van der Waals surface area (Å²) in [6.45, 7) is 10.8. The van der Waals surface area contributed by atoms with Crippen LogP contribution >= 0.6 is 0 Å². The number of aliphatic imine (C=N–C) groups is 1. The van der Waals surface area contributed by atoms with Crippen molar-refractivity contribution in [3.63, 3.8) is 0 Å². The third kappa shape index (κ3) is 7.65. The van der Waals surface area contributed by atoms with Gasteiger partial charge in [0.2, 0.25) is 0 Å². The molecule has 0 saturated heterocycles. The van der Waals surface area contributed by atoms with Gasteiger partial charge in [-0.05, 0) is 39.8 Å². The van der Waals surface area contributed by atoms with Gasteiger partial charge in [-0.3, -0.25) is 4.99 Å². The summed E-state index contributed by atoms with van der Waals surface area (Å²) >= 11 is 0. The number of hydrogen-bond donors (Lipinski definition) is 0. The normalized spacial score (nSPS) is 12.5. The Morgan fingerprint density at radius 2 is 1.47 bits per heavy atom. The van der Waals surface area contributed by atoms with Gasteiger partial charge in [-0.25, -0.2) is 0 Å². The van der Waals surface area contributed by atoms with Crippen LogP contribution in [-0.4, -0.2) is 41.4 Å². The second kappa shape index (κ2) is 10.9. The van der Waals surface area contributed by atoms with Crippen molar-refractivity contribution >= 4 is 15.0 Å². The van der Waals surface area contributed by atoms with E-state index in [9.17, 15) is 0 Å². The standard InChI is InChI=1S/C12H27NO3Si/c1-5-10-13-11-9-12-17(14-6-2,15-7-3)16-8-4/h10H,5-9,11-12H2,1-4H3. The zero-order chi connectivity index (χ0) is 13.0. The fraction of sp³-hybridized carbons (Fsp3) is 0.917. The first kappa shape index (κ1) is 16.8. The molecule has 5 heteroatoms. The topological polar surface area (TPSA) is 40.0 Å². The van der Waals surface area contributed by atoms with E-state index in [1.807, 2.05) is 27.0 Å². The van der Waals surface area contributed by atoms with E-state index in [0.29, 0.717) is 19.8 Å². The summed E-state index contributed by atoms with van der Waals surface area (Å²) in [6.07, 6.45) is 3.90. The van der Waals surface area contributed by atoms with E-state index in [1.165, 1.54) is 0 Å². The Bertz CT molecular complexity index is 183. The minimum atomic E-state index is -2.43. The van der Waals surface area contributed by atoms with Crippen molar-refractivity contribution in [3.05, 3.63) is 0 Å². The van der Waals surface area contributed by atoms with E-state index in [2.05, 4.69) is 11.9 Å². The molecule has 0 aliphatic carbocycles. The molecular formula is C12H27NO3Si. The van der Waals surface area contributed by atoms with E-state index in [1.54, 1.807) is 0 Å². The van der Waals surface area contributed by atoms with Gasteiger partial charge in [-0.1, -0.05) is 6.92 Å². The Morgan fingerprint density at radius 1 is 0.941 bits per heavy atom. The Kier molecular flexibility index (Phi) is 10.7. The van der Waals surface area contributed by atoms with Gasteiger partial charge in [0.25, 0.3) is 0 Å². The lowest BCUT2D eigenvalue weighted by atomic mass is 10.5. The Morgan fingerprint density at radius 3 is 1.88 bits per heavy atom. The van der Waals surface area contributed by atoms with Crippen molar-refractivity contribution in [1.29, 1.82) is 0 Å². The first-order valence-corrected chi connectivity index (χ1v) is 8.57. The van der Waals surface area contributed by atoms with Crippen molar-refractivity contribution in [2.75, 3.05) is 26.4 Å². The smallest absolute Gasteiger partial charge is 0.374 e. The summed E-state index contributed by atoms with van der Waals surface area (Å²) in [5, 5.41) is 0. The maximum absolute atomic E-state index is 5.76. The summed E-state index contributed by atoms with van der Waals surface area (Å²) < 4.78 is 17.3. The molecule has 0 unspecified atom stereocenters. The first-order chi connectivity index (χ1) is 8.24. The van der Waals surface area contributed by atoms with Crippen LogP contribution in [0, 0.1) is 0 Å². The van der Waals surface area contributed by atoms with Crippen LogP contribution in [0.5, 0.6) is 0 Å². The molecule has 0 atom stereocenters. The van der Waals surface area contributed by atoms with Crippen molar-refractivity contribution in [2.45, 2.75) is 46.6 Å². The lowest BCUT2D eigenvalue weighted by molar-refractivity contribution is 0.0710. The maximum Gasteiger partial charge on any atom is 0.500 e. The average Bonchev–Trinajstić information content (AvgIpc) is 2.30. The maximum atomic E-state index is 5.76. The van der Waals surface area contributed by atoms with Crippen LogP contribution in [0.2, 0.25) is 6.04 Å². The summed E-state index contributed by atoms with van der Waals surface area (Å²) in [5.41, 5.74) is 0. The highest BCUT2D eigenvalue weighted by molar-refractivity contribution is 6.60. The highest BCUT2D eigenvalue weighted by Gasteiger charge is 2.39. The largest absolute Gasteiger partial charge is 0.500 e. The van der Waals surface area contributed by atoms with Crippen LogP contribution in [0.25, 0.3) is 0 Å². The molecule has 0 N–H and O–H groups in total. The molecule has 0 aromatic heterocycles. The molecule has 0 aromatic carbocycles. The molecule has 17 heavy (non-hydrogen) atoms. The van der Waals surface area contributed by atoms with Gasteiger partial charge in [-0.15, -0.1) is 0 Å². The molecule has 0 spiro atoms. The van der Waals surface area contributed by atoms with Crippen LogP contribution in [0.15, 0.2) is 4.99 Å². The molecule has 0 aliphatic heterocycles. The van der Waals surface area contributed by atoms with Crippen LogP contribution in [0.4, 0.5) is 0 Å². The van der Waals surface area contributed by atoms with Crippen LogP contribution in [-0.2, 0) is 13.3 Å². The number of nitrogens with zero attached hydrogens (tertiary/aromatic N) is 1. The number of hydrogen-bond acceptors (Lipinski definition) is 4. The number of rotatable bonds is 11. The second-order valence-electron chi connectivity index (χ2n) is 3.58.